The lowest BCUT2D eigenvalue weighted by Gasteiger charge is -2.39. The van der Waals surface area contributed by atoms with Gasteiger partial charge in [-0.3, -0.25) is 9.69 Å². The average molecular weight is 423 g/mol. The van der Waals surface area contributed by atoms with E-state index in [2.05, 4.69) is 18.2 Å². The van der Waals surface area contributed by atoms with Crippen LogP contribution in [0.2, 0.25) is 0 Å². The smallest absolute Gasteiger partial charge is 0.232 e. The standard InChI is InChI=1S/C23H23N3O3S/c1-28-20-10-6-9-17(22(20)29-2)18-11-21(27)26-14-25(13-16-7-4-3-5-8-16)15-30-23(26)19(18)12-24/h3-10,18H,11,13-15H2,1-2H3/p+1/t18-/m0/s1. The van der Waals surface area contributed by atoms with Gasteiger partial charge in [-0.05, 0) is 17.8 Å². The number of carbonyl (C=O) groups excluding carboxylic acids is 1. The van der Waals surface area contributed by atoms with Crippen LogP contribution in [0.25, 0.3) is 0 Å². The van der Waals surface area contributed by atoms with Crippen LogP contribution < -0.4 is 14.4 Å². The van der Waals surface area contributed by atoms with E-state index in [1.54, 1.807) is 30.9 Å². The normalized spacial score (nSPS) is 21.1. The highest BCUT2D eigenvalue weighted by atomic mass is 32.2. The zero-order chi connectivity index (χ0) is 21.1. The number of thioether (sulfide) groups is 1. The maximum Gasteiger partial charge on any atom is 0.232 e. The van der Waals surface area contributed by atoms with Crippen molar-refractivity contribution >= 4 is 17.7 Å². The molecule has 30 heavy (non-hydrogen) atoms. The van der Waals surface area contributed by atoms with E-state index < -0.39 is 0 Å². The largest absolute Gasteiger partial charge is 0.493 e. The number of nitrogens with one attached hydrogen (secondary N) is 1. The molecule has 0 saturated carbocycles. The van der Waals surface area contributed by atoms with Crippen molar-refractivity contribution in [2.75, 3.05) is 26.8 Å². The minimum Gasteiger partial charge on any atom is -0.493 e. The molecule has 6 nitrogen and oxygen atoms in total. The molecular formula is C23H24N3O3S+. The predicted octanol–water partition coefficient (Wildman–Crippen LogP) is 2.50. The second-order valence-corrected chi connectivity index (χ2v) is 8.32. The quantitative estimate of drug-likeness (QED) is 0.802. The monoisotopic (exact) mass is 422 g/mol. The van der Waals surface area contributed by atoms with Gasteiger partial charge in [0.05, 0.1) is 25.9 Å². The second-order valence-electron chi connectivity index (χ2n) is 7.35. The lowest BCUT2D eigenvalue weighted by atomic mass is 9.85. The molecule has 2 atom stereocenters. The lowest BCUT2D eigenvalue weighted by molar-refractivity contribution is -0.910. The molecule has 7 heteroatoms. The first-order valence-electron chi connectivity index (χ1n) is 9.82. The summed E-state index contributed by atoms with van der Waals surface area (Å²) in [6.45, 7) is 1.42. The maximum absolute atomic E-state index is 13.1. The summed E-state index contributed by atoms with van der Waals surface area (Å²) in [5.41, 5.74) is 2.68. The molecule has 2 aliphatic heterocycles. The fourth-order valence-electron chi connectivity index (χ4n) is 4.12. The van der Waals surface area contributed by atoms with Crippen LogP contribution in [0.5, 0.6) is 11.5 Å². The van der Waals surface area contributed by atoms with Crippen molar-refractivity contribution in [2.24, 2.45) is 0 Å². The Morgan fingerprint density at radius 3 is 2.67 bits per heavy atom. The number of rotatable bonds is 5. The fourth-order valence-corrected chi connectivity index (χ4v) is 5.32. The number of para-hydroxylation sites is 1. The van der Waals surface area contributed by atoms with Gasteiger partial charge >= 0.3 is 0 Å². The van der Waals surface area contributed by atoms with Gasteiger partial charge in [0, 0.05) is 23.5 Å². The summed E-state index contributed by atoms with van der Waals surface area (Å²) in [5.74, 6) is 1.69. The summed E-state index contributed by atoms with van der Waals surface area (Å²) in [6.07, 6.45) is 0.245. The molecule has 2 aromatic rings. The number of quaternary nitrogens is 1. The Morgan fingerprint density at radius 2 is 1.97 bits per heavy atom. The Labute approximate surface area is 180 Å². The number of allylic oxidation sites excluding steroid dienone is 1. The van der Waals surface area contributed by atoms with Crippen molar-refractivity contribution in [3.8, 4) is 17.6 Å². The highest BCUT2D eigenvalue weighted by Gasteiger charge is 2.41. The van der Waals surface area contributed by atoms with Crippen molar-refractivity contribution in [3.05, 3.63) is 70.3 Å². The molecule has 1 amide bonds. The summed E-state index contributed by atoms with van der Waals surface area (Å²) < 4.78 is 11.0. The molecule has 1 saturated heterocycles. The van der Waals surface area contributed by atoms with Crippen LogP contribution in [-0.4, -0.2) is 37.6 Å². The maximum atomic E-state index is 13.1. The first kappa shape index (κ1) is 20.3. The Hall–Kier alpha value is -2.95. The Bertz CT molecular complexity index is 1020. The topological polar surface area (TPSA) is 67.0 Å². The van der Waals surface area contributed by atoms with Crippen LogP contribution >= 0.6 is 11.8 Å². The van der Waals surface area contributed by atoms with E-state index in [9.17, 15) is 10.1 Å². The van der Waals surface area contributed by atoms with Gasteiger partial charge in [0.2, 0.25) is 5.91 Å². The summed E-state index contributed by atoms with van der Waals surface area (Å²) in [4.78, 5) is 16.2. The molecule has 4 rings (SSSR count). The molecule has 1 N–H and O–H groups in total. The predicted molar refractivity (Wildman–Crippen MR) is 115 cm³/mol. The first-order valence-corrected chi connectivity index (χ1v) is 10.8. The molecule has 0 radical (unpaired) electrons. The van der Waals surface area contributed by atoms with Gasteiger partial charge in [0.15, 0.2) is 18.2 Å². The van der Waals surface area contributed by atoms with Gasteiger partial charge in [-0.2, -0.15) is 5.26 Å². The van der Waals surface area contributed by atoms with E-state index in [-0.39, 0.29) is 18.2 Å². The highest BCUT2D eigenvalue weighted by molar-refractivity contribution is 8.02. The minimum atomic E-state index is -0.332. The molecule has 1 unspecified atom stereocenters. The molecule has 2 aliphatic rings. The first-order chi connectivity index (χ1) is 14.7. The number of ether oxygens (including phenoxy) is 2. The van der Waals surface area contributed by atoms with E-state index in [0.29, 0.717) is 23.7 Å². The third-order valence-electron chi connectivity index (χ3n) is 5.52. The number of benzene rings is 2. The summed E-state index contributed by atoms with van der Waals surface area (Å²) >= 11 is 1.59. The van der Waals surface area contributed by atoms with Crippen molar-refractivity contribution in [3.63, 3.8) is 0 Å². The van der Waals surface area contributed by atoms with Gasteiger partial charge in [-0.15, -0.1) is 0 Å². The van der Waals surface area contributed by atoms with Gasteiger partial charge < -0.3 is 14.4 Å². The van der Waals surface area contributed by atoms with E-state index in [4.69, 9.17) is 9.47 Å². The van der Waals surface area contributed by atoms with Crippen molar-refractivity contribution in [1.29, 1.82) is 5.26 Å². The second kappa shape index (κ2) is 8.82. The van der Waals surface area contributed by atoms with E-state index in [1.165, 1.54) is 10.5 Å². The van der Waals surface area contributed by atoms with E-state index in [0.717, 1.165) is 23.0 Å². The van der Waals surface area contributed by atoms with Crippen LogP contribution in [0.1, 0.15) is 23.5 Å². The van der Waals surface area contributed by atoms with Gasteiger partial charge in [-0.1, -0.05) is 42.5 Å². The third kappa shape index (κ3) is 3.76. The van der Waals surface area contributed by atoms with Crippen molar-refractivity contribution in [2.45, 2.75) is 18.9 Å². The Morgan fingerprint density at radius 1 is 1.17 bits per heavy atom. The van der Waals surface area contributed by atoms with Gasteiger partial charge in [0.25, 0.3) is 0 Å². The molecule has 0 bridgehead atoms. The average Bonchev–Trinajstić information content (AvgIpc) is 2.79. The lowest BCUT2D eigenvalue weighted by Crippen LogP contribution is -3.12. The Kier molecular flexibility index (Phi) is 5.98. The molecule has 2 aromatic carbocycles. The number of amides is 1. The third-order valence-corrected chi connectivity index (χ3v) is 6.79. The summed E-state index contributed by atoms with van der Waals surface area (Å²) in [6, 6.07) is 18.3. The minimum absolute atomic E-state index is 0.0386. The zero-order valence-electron chi connectivity index (χ0n) is 17.1. The van der Waals surface area contributed by atoms with Gasteiger partial charge in [0.1, 0.15) is 17.5 Å². The van der Waals surface area contributed by atoms with Crippen LogP contribution in [0.4, 0.5) is 0 Å². The van der Waals surface area contributed by atoms with E-state index >= 15 is 0 Å². The Balaban J connectivity index is 1.65. The van der Waals surface area contributed by atoms with Crippen LogP contribution in [-0.2, 0) is 11.3 Å². The molecule has 154 valence electrons. The number of methoxy groups -OCH3 is 2. The van der Waals surface area contributed by atoms with E-state index in [1.807, 2.05) is 36.4 Å². The summed E-state index contributed by atoms with van der Waals surface area (Å²) in [5, 5.41) is 10.8. The SMILES string of the molecule is COc1cccc([C@@H]2CC(=O)N3C[NH+](Cc4ccccc4)CSC3=C2C#N)c1OC. The number of hydrogen-bond donors (Lipinski definition) is 1. The fraction of sp³-hybridized carbons (Fsp3) is 0.304. The van der Waals surface area contributed by atoms with Crippen LogP contribution in [0, 0.1) is 11.3 Å². The summed E-state index contributed by atoms with van der Waals surface area (Å²) in [7, 11) is 3.16. The molecule has 0 aromatic heterocycles. The number of nitriles is 1. The highest BCUT2D eigenvalue weighted by Crippen LogP contribution is 2.45. The van der Waals surface area contributed by atoms with Gasteiger partial charge in [-0.25, -0.2) is 0 Å². The number of fused-ring (bicyclic) bond motifs is 1. The number of nitrogens with zero attached hydrogens (tertiary/aromatic N) is 2. The number of hydrogen-bond acceptors (Lipinski definition) is 5. The van der Waals surface area contributed by atoms with Crippen LogP contribution in [0.3, 0.4) is 0 Å². The molecule has 0 spiro atoms. The molecular weight excluding hydrogens is 398 g/mol. The molecule has 0 aliphatic carbocycles. The van der Waals surface area contributed by atoms with Crippen LogP contribution in [0.15, 0.2) is 59.1 Å². The zero-order valence-corrected chi connectivity index (χ0v) is 17.9. The van der Waals surface area contributed by atoms with Crippen molar-refractivity contribution < 1.29 is 19.2 Å². The molecule has 1 fully saturated rings. The number of carbonyl (C=O) groups is 1. The van der Waals surface area contributed by atoms with Crippen molar-refractivity contribution in [1.82, 2.24) is 4.90 Å². The molecule has 2 heterocycles.